The first-order valence-electron chi connectivity index (χ1n) is 5.68. The van der Waals surface area contributed by atoms with Crippen LogP contribution in [0.2, 0.25) is 0 Å². The van der Waals surface area contributed by atoms with E-state index in [1.165, 1.54) is 4.70 Å². The zero-order valence-corrected chi connectivity index (χ0v) is 10.1. The third-order valence-corrected chi connectivity index (χ3v) is 3.76. The second kappa shape index (κ2) is 4.33. The molecule has 88 valence electrons. The summed E-state index contributed by atoms with van der Waals surface area (Å²) < 4.78 is 1.19. The van der Waals surface area contributed by atoms with Gasteiger partial charge in [-0.05, 0) is 24.6 Å². The molecule has 3 rings (SSSR count). The van der Waals surface area contributed by atoms with Gasteiger partial charge in [0.2, 0.25) is 5.91 Å². The molecule has 1 aliphatic rings. The predicted octanol–water partition coefficient (Wildman–Crippen LogP) is 1.99. The van der Waals surface area contributed by atoms with Gasteiger partial charge >= 0.3 is 0 Å². The normalized spacial score (nSPS) is 19.5. The number of amides is 1. The highest BCUT2D eigenvalue weighted by molar-refractivity contribution is 7.16. The van der Waals surface area contributed by atoms with Crippen molar-refractivity contribution in [2.45, 2.75) is 18.9 Å². The molecular weight excluding hydrogens is 234 g/mol. The first-order valence-corrected chi connectivity index (χ1v) is 6.56. The Labute approximate surface area is 103 Å². The number of hydrogen-bond acceptors (Lipinski definition) is 4. The Morgan fingerprint density at radius 2 is 2.47 bits per heavy atom. The Morgan fingerprint density at radius 1 is 1.53 bits per heavy atom. The van der Waals surface area contributed by atoms with E-state index in [1.54, 1.807) is 11.3 Å². The van der Waals surface area contributed by atoms with Gasteiger partial charge in [0.15, 0.2) is 0 Å². The van der Waals surface area contributed by atoms with E-state index in [1.807, 2.05) is 17.6 Å². The number of anilines is 1. The number of nitrogens with one attached hydrogen (secondary N) is 2. The van der Waals surface area contributed by atoms with Crippen molar-refractivity contribution in [3.8, 4) is 0 Å². The van der Waals surface area contributed by atoms with Crippen LogP contribution in [0.1, 0.15) is 12.8 Å². The van der Waals surface area contributed by atoms with E-state index < -0.39 is 0 Å². The van der Waals surface area contributed by atoms with Crippen molar-refractivity contribution in [2.75, 3.05) is 11.9 Å². The fourth-order valence-corrected chi connectivity index (χ4v) is 2.75. The third-order valence-electron chi connectivity index (χ3n) is 2.97. The lowest BCUT2D eigenvalue weighted by molar-refractivity contribution is -0.119. The molecule has 2 heterocycles. The zero-order valence-electron chi connectivity index (χ0n) is 9.27. The fraction of sp³-hybridized carbons (Fsp3) is 0.333. The maximum Gasteiger partial charge on any atom is 0.220 e. The van der Waals surface area contributed by atoms with Gasteiger partial charge in [-0.25, -0.2) is 4.98 Å². The van der Waals surface area contributed by atoms with Gasteiger partial charge in [0.1, 0.15) is 0 Å². The lowest BCUT2D eigenvalue weighted by Crippen LogP contribution is -2.31. The number of hydrogen-bond donors (Lipinski definition) is 2. The number of rotatable bonds is 3. The summed E-state index contributed by atoms with van der Waals surface area (Å²) in [5, 5.41) is 6.30. The van der Waals surface area contributed by atoms with Crippen LogP contribution in [0, 0.1) is 0 Å². The Morgan fingerprint density at radius 3 is 3.29 bits per heavy atom. The minimum Gasteiger partial charge on any atom is -0.383 e. The van der Waals surface area contributed by atoms with E-state index in [2.05, 4.69) is 21.7 Å². The summed E-state index contributed by atoms with van der Waals surface area (Å²) >= 11 is 1.64. The molecule has 1 unspecified atom stereocenters. The highest BCUT2D eigenvalue weighted by Gasteiger charge is 2.19. The molecule has 0 saturated carbocycles. The van der Waals surface area contributed by atoms with Gasteiger partial charge in [-0.15, -0.1) is 11.3 Å². The molecular formula is C12H13N3OS. The lowest BCUT2D eigenvalue weighted by atomic mass is 10.2. The molecule has 1 atom stereocenters. The van der Waals surface area contributed by atoms with Crippen molar-refractivity contribution in [3.63, 3.8) is 0 Å². The Balaban J connectivity index is 1.66. The number of aromatic nitrogens is 1. The van der Waals surface area contributed by atoms with Crippen LogP contribution in [0.25, 0.3) is 10.2 Å². The van der Waals surface area contributed by atoms with E-state index >= 15 is 0 Å². The SMILES string of the molecule is O=C1CCC(CNc2ccc3ncsc3c2)N1. The van der Waals surface area contributed by atoms with Crippen LogP contribution >= 0.6 is 11.3 Å². The van der Waals surface area contributed by atoms with E-state index in [-0.39, 0.29) is 11.9 Å². The van der Waals surface area contributed by atoms with Gasteiger partial charge in [0.05, 0.1) is 15.7 Å². The first kappa shape index (κ1) is 10.5. The molecule has 0 spiro atoms. The number of benzene rings is 1. The van der Waals surface area contributed by atoms with Crippen LogP contribution in [-0.4, -0.2) is 23.5 Å². The molecule has 0 radical (unpaired) electrons. The smallest absolute Gasteiger partial charge is 0.220 e. The monoisotopic (exact) mass is 247 g/mol. The van der Waals surface area contributed by atoms with Crippen molar-refractivity contribution in [3.05, 3.63) is 23.7 Å². The largest absolute Gasteiger partial charge is 0.383 e. The second-order valence-electron chi connectivity index (χ2n) is 4.22. The predicted molar refractivity (Wildman–Crippen MR) is 69.3 cm³/mol. The molecule has 2 aromatic rings. The van der Waals surface area contributed by atoms with Crippen molar-refractivity contribution in [1.29, 1.82) is 0 Å². The molecule has 1 aromatic carbocycles. The highest BCUT2D eigenvalue weighted by atomic mass is 32.1. The number of nitrogens with zero attached hydrogens (tertiary/aromatic N) is 1. The summed E-state index contributed by atoms with van der Waals surface area (Å²) in [5.41, 5.74) is 3.98. The standard InChI is InChI=1S/C12H13N3OS/c16-12-4-2-9(15-12)6-13-8-1-3-10-11(5-8)17-7-14-10/h1,3,5,7,9,13H,2,4,6H2,(H,15,16). The van der Waals surface area contributed by atoms with Crippen molar-refractivity contribution < 1.29 is 4.79 Å². The average Bonchev–Trinajstić information content (AvgIpc) is 2.94. The van der Waals surface area contributed by atoms with E-state index in [0.29, 0.717) is 6.42 Å². The average molecular weight is 247 g/mol. The van der Waals surface area contributed by atoms with E-state index in [0.717, 1.165) is 24.2 Å². The van der Waals surface area contributed by atoms with Crippen molar-refractivity contribution in [1.82, 2.24) is 10.3 Å². The molecule has 4 nitrogen and oxygen atoms in total. The topological polar surface area (TPSA) is 54.0 Å². The molecule has 1 fully saturated rings. The van der Waals surface area contributed by atoms with Crippen LogP contribution in [0.3, 0.4) is 0 Å². The van der Waals surface area contributed by atoms with Gasteiger partial charge < -0.3 is 10.6 Å². The number of carbonyl (C=O) groups excluding carboxylic acids is 1. The molecule has 2 N–H and O–H groups in total. The summed E-state index contributed by atoms with van der Waals surface area (Å²) in [4.78, 5) is 15.3. The van der Waals surface area contributed by atoms with Gasteiger partial charge in [-0.1, -0.05) is 0 Å². The minimum atomic E-state index is 0.162. The Hall–Kier alpha value is -1.62. The van der Waals surface area contributed by atoms with Crippen LogP contribution in [0.5, 0.6) is 0 Å². The molecule has 1 amide bonds. The molecule has 5 heteroatoms. The molecule has 1 aliphatic heterocycles. The molecule has 1 aromatic heterocycles. The maximum absolute atomic E-state index is 11.1. The number of thiazole rings is 1. The Bertz CT molecular complexity index is 551. The van der Waals surface area contributed by atoms with Gasteiger partial charge in [-0.2, -0.15) is 0 Å². The summed E-state index contributed by atoms with van der Waals surface area (Å²) in [5.74, 6) is 0.162. The van der Waals surface area contributed by atoms with E-state index in [4.69, 9.17) is 0 Å². The maximum atomic E-state index is 11.1. The Kier molecular flexibility index (Phi) is 2.68. The molecule has 1 saturated heterocycles. The summed E-state index contributed by atoms with van der Waals surface area (Å²) in [6.07, 6.45) is 1.58. The molecule has 0 bridgehead atoms. The van der Waals surface area contributed by atoms with Gasteiger partial charge in [0, 0.05) is 24.7 Å². The first-order chi connectivity index (χ1) is 8.31. The van der Waals surface area contributed by atoms with Crippen LogP contribution < -0.4 is 10.6 Å². The van der Waals surface area contributed by atoms with Crippen LogP contribution in [0.4, 0.5) is 5.69 Å². The van der Waals surface area contributed by atoms with Crippen LogP contribution in [0.15, 0.2) is 23.7 Å². The van der Waals surface area contributed by atoms with Crippen LogP contribution in [-0.2, 0) is 4.79 Å². The fourth-order valence-electron chi connectivity index (χ4n) is 2.04. The molecule has 0 aliphatic carbocycles. The lowest BCUT2D eigenvalue weighted by Gasteiger charge is -2.12. The van der Waals surface area contributed by atoms with E-state index in [9.17, 15) is 4.79 Å². The van der Waals surface area contributed by atoms with Crippen molar-refractivity contribution >= 4 is 33.1 Å². The zero-order chi connectivity index (χ0) is 11.7. The quantitative estimate of drug-likeness (QED) is 0.872. The summed E-state index contributed by atoms with van der Waals surface area (Å²) in [7, 11) is 0. The highest BCUT2D eigenvalue weighted by Crippen LogP contribution is 2.22. The van der Waals surface area contributed by atoms with Gasteiger partial charge in [0.25, 0.3) is 0 Å². The summed E-state index contributed by atoms with van der Waals surface area (Å²) in [6.45, 7) is 0.788. The number of fused-ring (bicyclic) bond motifs is 1. The minimum absolute atomic E-state index is 0.162. The van der Waals surface area contributed by atoms with Crippen molar-refractivity contribution in [2.24, 2.45) is 0 Å². The number of carbonyl (C=O) groups is 1. The molecule has 17 heavy (non-hydrogen) atoms. The van der Waals surface area contributed by atoms with Gasteiger partial charge in [-0.3, -0.25) is 4.79 Å². The third kappa shape index (κ3) is 2.24. The summed E-state index contributed by atoms with van der Waals surface area (Å²) in [6, 6.07) is 6.41. The second-order valence-corrected chi connectivity index (χ2v) is 5.11.